The zero-order valence-corrected chi connectivity index (χ0v) is 17.4. The molecule has 28 heavy (non-hydrogen) atoms. The molecule has 1 amide bonds. The number of aromatic nitrogens is 3. The van der Waals surface area contributed by atoms with E-state index in [1.807, 2.05) is 0 Å². The smallest absolute Gasteiger partial charge is 0.251 e. The second-order valence-electron chi connectivity index (χ2n) is 8.51. The molecule has 0 saturated carbocycles. The lowest BCUT2D eigenvalue weighted by atomic mass is 9.96. The molecular formula is C21H31N5O2. The summed E-state index contributed by atoms with van der Waals surface area (Å²) in [5.74, 6) is 2.65. The van der Waals surface area contributed by atoms with Gasteiger partial charge in [-0.25, -0.2) is 0 Å². The van der Waals surface area contributed by atoms with Crippen LogP contribution in [-0.4, -0.2) is 58.9 Å². The molecule has 7 nitrogen and oxygen atoms in total. The second-order valence-corrected chi connectivity index (χ2v) is 8.51. The minimum Gasteiger partial charge on any atom is -0.497 e. The van der Waals surface area contributed by atoms with Crippen LogP contribution in [0.4, 0.5) is 0 Å². The first kappa shape index (κ1) is 20.3. The molecule has 0 bridgehead atoms. The zero-order valence-electron chi connectivity index (χ0n) is 17.4. The number of ether oxygens (including phenoxy) is 1. The highest BCUT2D eigenvalue weighted by atomic mass is 16.5. The van der Waals surface area contributed by atoms with Crippen LogP contribution in [0.2, 0.25) is 0 Å². The van der Waals surface area contributed by atoms with Crippen LogP contribution in [0.3, 0.4) is 0 Å². The molecular weight excluding hydrogens is 354 g/mol. The molecule has 152 valence electrons. The molecule has 0 atom stereocenters. The molecule has 2 aromatic rings. The molecule has 0 radical (unpaired) electrons. The third kappa shape index (κ3) is 5.32. The van der Waals surface area contributed by atoms with Gasteiger partial charge >= 0.3 is 0 Å². The lowest BCUT2D eigenvalue weighted by molar-refractivity contribution is 0.0954. The van der Waals surface area contributed by atoms with Crippen molar-refractivity contribution < 1.29 is 9.53 Å². The fraction of sp³-hybridized carbons (Fsp3) is 0.571. The Hall–Kier alpha value is -2.41. The van der Waals surface area contributed by atoms with E-state index in [1.165, 1.54) is 0 Å². The van der Waals surface area contributed by atoms with Gasteiger partial charge in [0.15, 0.2) is 0 Å². The Kier molecular flexibility index (Phi) is 6.34. The first-order valence-corrected chi connectivity index (χ1v) is 9.91. The maximum atomic E-state index is 12.3. The summed E-state index contributed by atoms with van der Waals surface area (Å²) in [7, 11) is 1.61. The molecule has 0 unspecified atom stereocenters. The van der Waals surface area contributed by atoms with E-state index in [0.717, 1.165) is 50.0 Å². The normalized spacial score (nSPS) is 15.0. The number of fused-ring (bicyclic) bond motifs is 1. The number of nitrogens with zero attached hydrogens (tertiary/aromatic N) is 4. The molecule has 1 aromatic heterocycles. The Morgan fingerprint density at radius 2 is 1.89 bits per heavy atom. The molecule has 7 heteroatoms. The molecule has 3 rings (SSSR count). The first-order valence-electron chi connectivity index (χ1n) is 9.91. The van der Waals surface area contributed by atoms with Gasteiger partial charge < -0.3 is 19.5 Å². The van der Waals surface area contributed by atoms with Crippen molar-refractivity contribution in [3.8, 4) is 5.75 Å². The fourth-order valence-corrected chi connectivity index (χ4v) is 3.57. The van der Waals surface area contributed by atoms with Crippen molar-refractivity contribution >= 4 is 5.91 Å². The van der Waals surface area contributed by atoms with Gasteiger partial charge in [-0.15, -0.1) is 10.2 Å². The van der Waals surface area contributed by atoms with E-state index < -0.39 is 0 Å². The monoisotopic (exact) mass is 385 g/mol. The minimum absolute atomic E-state index is 0.0883. The summed E-state index contributed by atoms with van der Waals surface area (Å²) in [4.78, 5) is 14.8. The van der Waals surface area contributed by atoms with Gasteiger partial charge in [0.1, 0.15) is 17.4 Å². The number of carbonyl (C=O) groups excluding carboxylic acids is 1. The van der Waals surface area contributed by atoms with Crippen LogP contribution in [0, 0.1) is 5.41 Å². The second kappa shape index (κ2) is 8.73. The van der Waals surface area contributed by atoms with Gasteiger partial charge in [-0.05, 0) is 29.7 Å². The Labute approximate surface area is 167 Å². The highest BCUT2D eigenvalue weighted by molar-refractivity contribution is 5.94. The van der Waals surface area contributed by atoms with Gasteiger partial charge in [0.2, 0.25) is 0 Å². The number of carbonyl (C=O) groups is 1. The largest absolute Gasteiger partial charge is 0.497 e. The standard InChI is InChI=1S/C21H31N5O2/c1-21(2,3)15-25-12-10-19-24-23-18(26(19)14-13-25)9-11-22-20(27)16-5-7-17(28-4)8-6-16/h5-8H,9-15H2,1-4H3,(H,22,27). The molecule has 0 saturated heterocycles. The van der Waals surface area contributed by atoms with Gasteiger partial charge in [-0.1, -0.05) is 20.8 Å². The lowest BCUT2D eigenvalue weighted by Gasteiger charge is -2.28. The van der Waals surface area contributed by atoms with E-state index in [9.17, 15) is 4.79 Å². The summed E-state index contributed by atoms with van der Waals surface area (Å²) in [6, 6.07) is 7.11. The van der Waals surface area contributed by atoms with Crippen LogP contribution in [0.15, 0.2) is 24.3 Å². The molecule has 1 aromatic carbocycles. The minimum atomic E-state index is -0.0883. The Balaban J connectivity index is 1.53. The predicted molar refractivity (Wildman–Crippen MR) is 109 cm³/mol. The summed E-state index contributed by atoms with van der Waals surface area (Å²) in [6.07, 6.45) is 1.59. The molecule has 1 N–H and O–H groups in total. The number of hydrogen-bond donors (Lipinski definition) is 1. The van der Waals surface area contributed by atoms with Crippen molar-refractivity contribution in [1.82, 2.24) is 25.0 Å². The van der Waals surface area contributed by atoms with Crippen LogP contribution in [-0.2, 0) is 19.4 Å². The third-order valence-electron chi connectivity index (χ3n) is 4.88. The lowest BCUT2D eigenvalue weighted by Crippen LogP contribution is -2.35. The average molecular weight is 386 g/mol. The van der Waals surface area contributed by atoms with Gasteiger partial charge in [-0.3, -0.25) is 4.79 Å². The number of hydrogen-bond acceptors (Lipinski definition) is 5. The van der Waals surface area contributed by atoms with E-state index in [1.54, 1.807) is 31.4 Å². The molecule has 1 aliphatic rings. The van der Waals surface area contributed by atoms with E-state index in [0.29, 0.717) is 23.9 Å². The topological polar surface area (TPSA) is 72.3 Å². The summed E-state index contributed by atoms with van der Waals surface area (Å²) in [5, 5.41) is 11.7. The Morgan fingerprint density at radius 1 is 1.14 bits per heavy atom. The molecule has 1 aliphatic heterocycles. The van der Waals surface area contributed by atoms with Crippen LogP contribution in [0.1, 0.15) is 42.8 Å². The van der Waals surface area contributed by atoms with Crippen LogP contribution >= 0.6 is 0 Å². The van der Waals surface area contributed by atoms with Gasteiger partial charge in [-0.2, -0.15) is 0 Å². The maximum absolute atomic E-state index is 12.3. The van der Waals surface area contributed by atoms with E-state index in [2.05, 4.69) is 45.8 Å². The highest BCUT2D eigenvalue weighted by Crippen LogP contribution is 2.18. The van der Waals surface area contributed by atoms with Crippen molar-refractivity contribution in [2.45, 2.75) is 40.2 Å². The Bertz CT molecular complexity index is 792. The molecule has 0 aliphatic carbocycles. The number of nitrogens with one attached hydrogen (secondary N) is 1. The number of amides is 1. The number of methoxy groups -OCH3 is 1. The van der Waals surface area contributed by atoms with Gasteiger partial charge in [0.05, 0.1) is 7.11 Å². The molecule has 0 fully saturated rings. The summed E-state index contributed by atoms with van der Waals surface area (Å²) in [6.45, 7) is 11.4. The average Bonchev–Trinajstić information content (AvgIpc) is 2.94. The number of rotatable bonds is 6. The van der Waals surface area contributed by atoms with Gasteiger partial charge in [0, 0.05) is 51.1 Å². The zero-order chi connectivity index (χ0) is 20.1. The molecule has 2 heterocycles. The molecule has 0 spiro atoms. The van der Waals surface area contributed by atoms with Crippen molar-refractivity contribution in [1.29, 1.82) is 0 Å². The van der Waals surface area contributed by atoms with Crippen molar-refractivity contribution in [2.75, 3.05) is 33.3 Å². The third-order valence-corrected chi connectivity index (χ3v) is 4.88. The Morgan fingerprint density at radius 3 is 2.57 bits per heavy atom. The predicted octanol–water partition coefficient (Wildman–Crippen LogP) is 2.16. The quantitative estimate of drug-likeness (QED) is 0.825. The van der Waals surface area contributed by atoms with Crippen molar-refractivity contribution in [2.24, 2.45) is 5.41 Å². The van der Waals surface area contributed by atoms with Crippen LogP contribution < -0.4 is 10.1 Å². The summed E-state index contributed by atoms with van der Waals surface area (Å²) < 4.78 is 7.35. The van der Waals surface area contributed by atoms with E-state index in [4.69, 9.17) is 4.74 Å². The van der Waals surface area contributed by atoms with E-state index >= 15 is 0 Å². The maximum Gasteiger partial charge on any atom is 0.251 e. The SMILES string of the molecule is COc1ccc(C(=O)NCCc2nnc3n2CCN(CC(C)(C)C)CC3)cc1. The van der Waals surface area contributed by atoms with Crippen molar-refractivity contribution in [3.63, 3.8) is 0 Å². The fourth-order valence-electron chi connectivity index (χ4n) is 3.57. The summed E-state index contributed by atoms with van der Waals surface area (Å²) in [5.41, 5.74) is 0.915. The van der Waals surface area contributed by atoms with Crippen LogP contribution in [0.5, 0.6) is 5.75 Å². The summed E-state index contributed by atoms with van der Waals surface area (Å²) >= 11 is 0. The number of benzene rings is 1. The van der Waals surface area contributed by atoms with Crippen molar-refractivity contribution in [3.05, 3.63) is 41.5 Å². The van der Waals surface area contributed by atoms with Crippen LogP contribution in [0.25, 0.3) is 0 Å². The van der Waals surface area contributed by atoms with E-state index in [-0.39, 0.29) is 5.91 Å². The van der Waals surface area contributed by atoms with Gasteiger partial charge in [0.25, 0.3) is 5.91 Å². The highest BCUT2D eigenvalue weighted by Gasteiger charge is 2.22. The first-order chi connectivity index (χ1) is 13.4.